The van der Waals surface area contributed by atoms with Gasteiger partial charge in [0.2, 0.25) is 0 Å². The van der Waals surface area contributed by atoms with Gasteiger partial charge < -0.3 is 10.6 Å². The van der Waals surface area contributed by atoms with Gasteiger partial charge in [0.25, 0.3) is 0 Å². The Hall–Kier alpha value is -1.23. The van der Waals surface area contributed by atoms with Crippen molar-refractivity contribution >= 4 is 50.9 Å². The van der Waals surface area contributed by atoms with E-state index in [0.29, 0.717) is 22.3 Å². The summed E-state index contributed by atoms with van der Waals surface area (Å²) in [5.41, 5.74) is 1.51. The zero-order valence-corrected chi connectivity index (χ0v) is 13.4. The van der Waals surface area contributed by atoms with Crippen molar-refractivity contribution in [3.05, 3.63) is 62.5 Å². The Labute approximate surface area is 135 Å². The molecule has 0 aliphatic carbocycles. The van der Waals surface area contributed by atoms with E-state index < -0.39 is 0 Å². The lowest BCUT2D eigenvalue weighted by atomic mass is 10.2. The van der Waals surface area contributed by atoms with Crippen LogP contribution in [0.15, 0.2) is 46.9 Å². The van der Waals surface area contributed by atoms with E-state index in [9.17, 15) is 4.79 Å². The molecule has 2 aromatic rings. The van der Waals surface area contributed by atoms with Gasteiger partial charge in [0.1, 0.15) is 0 Å². The minimum Gasteiger partial charge on any atom is -0.334 e. The molecule has 2 N–H and O–H groups in total. The molecule has 0 unspecified atom stereocenters. The average Bonchev–Trinajstić information content (AvgIpc) is 2.41. The first-order valence-electron chi connectivity index (χ1n) is 5.79. The second-order valence-electron chi connectivity index (χ2n) is 4.02. The first-order valence-corrected chi connectivity index (χ1v) is 7.34. The predicted molar refractivity (Wildman–Crippen MR) is 86.5 cm³/mol. The van der Waals surface area contributed by atoms with Crippen LogP contribution in [0.2, 0.25) is 10.0 Å². The molecule has 0 bridgehead atoms. The Morgan fingerprint density at radius 1 is 1.15 bits per heavy atom. The number of rotatable bonds is 3. The van der Waals surface area contributed by atoms with Gasteiger partial charge in [-0.25, -0.2) is 4.79 Å². The molecule has 2 amide bonds. The van der Waals surface area contributed by atoms with Gasteiger partial charge in [-0.05, 0) is 29.8 Å². The Kier molecular flexibility index (Phi) is 5.29. The number of urea groups is 1. The predicted octanol–water partition coefficient (Wildman–Crippen LogP) is 5.08. The van der Waals surface area contributed by atoms with Crippen LogP contribution in [0.1, 0.15) is 5.56 Å². The number of hydrogen-bond acceptors (Lipinski definition) is 1. The van der Waals surface area contributed by atoms with Crippen LogP contribution in [0.25, 0.3) is 0 Å². The van der Waals surface area contributed by atoms with Gasteiger partial charge in [-0.3, -0.25) is 0 Å². The van der Waals surface area contributed by atoms with Gasteiger partial charge in [-0.15, -0.1) is 0 Å². The summed E-state index contributed by atoms with van der Waals surface area (Å²) in [5.74, 6) is 0. The molecule has 0 aromatic heterocycles. The van der Waals surface area contributed by atoms with E-state index in [0.717, 1.165) is 10.0 Å². The first kappa shape index (κ1) is 15.2. The van der Waals surface area contributed by atoms with Gasteiger partial charge in [0.15, 0.2) is 0 Å². The summed E-state index contributed by atoms with van der Waals surface area (Å²) < 4.78 is 0.949. The van der Waals surface area contributed by atoms with Gasteiger partial charge in [-0.1, -0.05) is 57.3 Å². The highest BCUT2D eigenvalue weighted by Gasteiger charge is 2.06. The third-order valence-corrected chi connectivity index (χ3v) is 3.90. The standard InChI is InChI=1S/C14H11BrCl2N2O/c15-11-4-2-1-3-9(11)8-18-14(20)19-13-6-5-10(16)7-12(13)17/h1-7H,8H2,(H2,18,19,20). The van der Waals surface area contributed by atoms with Crippen molar-refractivity contribution in [2.75, 3.05) is 5.32 Å². The largest absolute Gasteiger partial charge is 0.334 e. The highest BCUT2D eigenvalue weighted by molar-refractivity contribution is 9.10. The van der Waals surface area contributed by atoms with Gasteiger partial charge in [0.05, 0.1) is 10.7 Å². The first-order chi connectivity index (χ1) is 9.56. The fraction of sp³-hybridized carbons (Fsp3) is 0.0714. The smallest absolute Gasteiger partial charge is 0.319 e. The van der Waals surface area contributed by atoms with E-state index in [-0.39, 0.29) is 6.03 Å². The number of benzene rings is 2. The van der Waals surface area contributed by atoms with E-state index in [4.69, 9.17) is 23.2 Å². The molecule has 0 fully saturated rings. The minimum atomic E-state index is -0.329. The minimum absolute atomic E-state index is 0.329. The van der Waals surface area contributed by atoms with Crippen molar-refractivity contribution in [1.29, 1.82) is 0 Å². The third-order valence-electron chi connectivity index (χ3n) is 2.58. The average molecular weight is 374 g/mol. The van der Waals surface area contributed by atoms with E-state index in [1.807, 2.05) is 24.3 Å². The van der Waals surface area contributed by atoms with Crippen LogP contribution in [0.5, 0.6) is 0 Å². The molecule has 104 valence electrons. The zero-order valence-electron chi connectivity index (χ0n) is 10.3. The van der Waals surface area contributed by atoms with E-state index >= 15 is 0 Å². The lowest BCUT2D eigenvalue weighted by Crippen LogP contribution is -2.28. The molecule has 0 saturated heterocycles. The normalized spacial score (nSPS) is 10.2. The summed E-state index contributed by atoms with van der Waals surface area (Å²) in [6.45, 7) is 0.415. The van der Waals surface area contributed by atoms with Crippen LogP contribution in [-0.4, -0.2) is 6.03 Å². The van der Waals surface area contributed by atoms with Gasteiger partial charge >= 0.3 is 6.03 Å². The monoisotopic (exact) mass is 372 g/mol. The quantitative estimate of drug-likeness (QED) is 0.773. The fourth-order valence-corrected chi connectivity index (χ4v) is 2.46. The summed E-state index contributed by atoms with van der Waals surface area (Å²) in [5, 5.41) is 6.35. The number of carbonyl (C=O) groups is 1. The Balaban J connectivity index is 1.94. The molecule has 0 spiro atoms. The molecule has 0 radical (unpaired) electrons. The Morgan fingerprint density at radius 2 is 1.90 bits per heavy atom. The molecule has 2 aromatic carbocycles. The summed E-state index contributed by atoms with van der Waals surface area (Å²) in [4.78, 5) is 11.8. The number of carbonyl (C=O) groups excluding carboxylic acids is 1. The number of nitrogens with one attached hydrogen (secondary N) is 2. The molecule has 6 heteroatoms. The van der Waals surface area contributed by atoms with Crippen LogP contribution in [-0.2, 0) is 6.54 Å². The molecule has 0 atom stereocenters. The van der Waals surface area contributed by atoms with Crippen molar-refractivity contribution in [3.63, 3.8) is 0 Å². The number of hydrogen-bond donors (Lipinski definition) is 2. The van der Waals surface area contributed by atoms with E-state index in [2.05, 4.69) is 26.6 Å². The summed E-state index contributed by atoms with van der Waals surface area (Å²) >= 11 is 15.2. The summed E-state index contributed by atoms with van der Waals surface area (Å²) in [6, 6.07) is 12.2. The fourth-order valence-electron chi connectivity index (χ4n) is 1.57. The molecule has 0 aliphatic rings. The van der Waals surface area contributed by atoms with Crippen molar-refractivity contribution in [3.8, 4) is 0 Å². The van der Waals surface area contributed by atoms with Crippen LogP contribution in [0.4, 0.5) is 10.5 Å². The SMILES string of the molecule is O=C(NCc1ccccc1Br)Nc1ccc(Cl)cc1Cl. The number of halogens is 3. The molecule has 0 saturated carbocycles. The molecule has 0 aliphatic heterocycles. The molecule has 0 heterocycles. The summed E-state index contributed by atoms with van der Waals surface area (Å²) in [7, 11) is 0. The molecular formula is C14H11BrCl2N2O. The van der Waals surface area contributed by atoms with Crippen molar-refractivity contribution in [2.45, 2.75) is 6.54 Å². The summed E-state index contributed by atoms with van der Waals surface area (Å²) in [6.07, 6.45) is 0. The third kappa shape index (κ3) is 4.13. The van der Waals surface area contributed by atoms with Crippen molar-refractivity contribution in [1.82, 2.24) is 5.32 Å². The van der Waals surface area contributed by atoms with Gasteiger partial charge in [0, 0.05) is 16.0 Å². The highest BCUT2D eigenvalue weighted by atomic mass is 79.9. The maximum absolute atomic E-state index is 11.8. The molecule has 20 heavy (non-hydrogen) atoms. The maximum Gasteiger partial charge on any atom is 0.319 e. The Morgan fingerprint density at radius 3 is 2.60 bits per heavy atom. The van der Waals surface area contributed by atoms with Crippen LogP contribution < -0.4 is 10.6 Å². The van der Waals surface area contributed by atoms with E-state index in [1.54, 1.807) is 18.2 Å². The second-order valence-corrected chi connectivity index (χ2v) is 5.72. The van der Waals surface area contributed by atoms with Crippen molar-refractivity contribution in [2.24, 2.45) is 0 Å². The van der Waals surface area contributed by atoms with Crippen LogP contribution in [0.3, 0.4) is 0 Å². The lowest BCUT2D eigenvalue weighted by Gasteiger charge is -2.10. The number of amides is 2. The van der Waals surface area contributed by atoms with E-state index in [1.165, 1.54) is 0 Å². The second kappa shape index (κ2) is 6.97. The van der Waals surface area contributed by atoms with Crippen LogP contribution >= 0.6 is 39.1 Å². The molecule has 2 rings (SSSR count). The van der Waals surface area contributed by atoms with Crippen LogP contribution in [0, 0.1) is 0 Å². The van der Waals surface area contributed by atoms with Crippen molar-refractivity contribution < 1.29 is 4.79 Å². The highest BCUT2D eigenvalue weighted by Crippen LogP contribution is 2.25. The Bertz CT molecular complexity index is 634. The topological polar surface area (TPSA) is 41.1 Å². The molecular weight excluding hydrogens is 363 g/mol. The maximum atomic E-state index is 11.8. The number of anilines is 1. The zero-order chi connectivity index (χ0) is 14.5. The lowest BCUT2D eigenvalue weighted by molar-refractivity contribution is 0.251. The van der Waals surface area contributed by atoms with Gasteiger partial charge in [-0.2, -0.15) is 0 Å². The molecule has 3 nitrogen and oxygen atoms in total.